The van der Waals surface area contributed by atoms with E-state index in [4.69, 9.17) is 0 Å². The van der Waals surface area contributed by atoms with Crippen LogP contribution in [-0.2, 0) is 0 Å². The van der Waals surface area contributed by atoms with Crippen LogP contribution in [-0.4, -0.2) is 7.05 Å². The maximum atomic E-state index is 13.0. The minimum Gasteiger partial charge on any atom is -0.386 e. The molecule has 1 rings (SSSR count). The molecule has 0 aliphatic heterocycles. The Morgan fingerprint density at radius 1 is 1.27 bits per heavy atom. The van der Waals surface area contributed by atoms with Crippen LogP contribution in [0.4, 0.5) is 14.5 Å². The molecule has 1 aromatic carbocycles. The van der Waals surface area contributed by atoms with E-state index >= 15 is 0 Å². The number of rotatable bonds is 1. The highest BCUT2D eigenvalue weighted by atomic mass is 19.1. The number of benzene rings is 1. The summed E-state index contributed by atoms with van der Waals surface area (Å²) in [6.07, 6.45) is 0. The van der Waals surface area contributed by atoms with Crippen LogP contribution in [0.1, 0.15) is 5.56 Å². The van der Waals surface area contributed by atoms with Gasteiger partial charge in [0.05, 0.1) is 5.69 Å². The SMILES string of the molecule is CNc1ccc(F)c(C)c1F. The van der Waals surface area contributed by atoms with Gasteiger partial charge in [0.2, 0.25) is 0 Å². The van der Waals surface area contributed by atoms with Gasteiger partial charge in [0.15, 0.2) is 5.82 Å². The summed E-state index contributed by atoms with van der Waals surface area (Å²) in [7, 11) is 1.59. The van der Waals surface area contributed by atoms with Crippen LogP contribution in [0.25, 0.3) is 0 Å². The minimum atomic E-state index is -0.521. The zero-order valence-corrected chi connectivity index (χ0v) is 6.41. The normalized spacial score (nSPS) is 9.82. The van der Waals surface area contributed by atoms with Gasteiger partial charge in [-0.25, -0.2) is 8.78 Å². The molecular weight excluding hydrogens is 148 g/mol. The molecule has 0 unspecified atom stereocenters. The Labute approximate surface area is 64.0 Å². The van der Waals surface area contributed by atoms with Gasteiger partial charge in [0.25, 0.3) is 0 Å². The molecule has 0 fully saturated rings. The van der Waals surface area contributed by atoms with Crippen molar-refractivity contribution in [3.8, 4) is 0 Å². The standard InChI is InChI=1S/C8H9F2N/c1-5-6(9)3-4-7(11-2)8(5)10/h3-4,11H,1-2H3. The van der Waals surface area contributed by atoms with Gasteiger partial charge in [0.1, 0.15) is 5.82 Å². The van der Waals surface area contributed by atoms with Crippen LogP contribution < -0.4 is 5.32 Å². The van der Waals surface area contributed by atoms with Crippen molar-refractivity contribution in [2.45, 2.75) is 6.92 Å². The van der Waals surface area contributed by atoms with Crippen molar-refractivity contribution in [3.05, 3.63) is 29.3 Å². The van der Waals surface area contributed by atoms with E-state index in [2.05, 4.69) is 5.32 Å². The predicted molar refractivity (Wildman–Crippen MR) is 40.6 cm³/mol. The molecule has 0 aliphatic carbocycles. The molecule has 0 bridgehead atoms. The summed E-state index contributed by atoms with van der Waals surface area (Å²) in [6.45, 7) is 1.41. The Balaban J connectivity index is 3.25. The van der Waals surface area contributed by atoms with Crippen molar-refractivity contribution in [1.29, 1.82) is 0 Å². The molecule has 0 aromatic heterocycles. The van der Waals surface area contributed by atoms with Gasteiger partial charge in [-0.05, 0) is 19.1 Å². The van der Waals surface area contributed by atoms with E-state index in [-0.39, 0.29) is 5.56 Å². The summed E-state index contributed by atoms with van der Waals surface area (Å²) in [5.41, 5.74) is 0.376. The lowest BCUT2D eigenvalue weighted by molar-refractivity contribution is 0.570. The van der Waals surface area contributed by atoms with Crippen molar-refractivity contribution in [2.24, 2.45) is 0 Å². The lowest BCUT2D eigenvalue weighted by Gasteiger charge is -2.04. The maximum absolute atomic E-state index is 13.0. The summed E-state index contributed by atoms with van der Waals surface area (Å²) in [5, 5.41) is 2.62. The quantitative estimate of drug-likeness (QED) is 0.659. The largest absolute Gasteiger partial charge is 0.386 e. The minimum absolute atomic E-state index is 0.0526. The molecule has 0 atom stereocenters. The Hall–Kier alpha value is -1.12. The molecule has 1 aromatic rings. The fourth-order valence-corrected chi connectivity index (χ4v) is 0.855. The van der Waals surface area contributed by atoms with E-state index in [1.54, 1.807) is 7.05 Å². The number of nitrogens with one attached hydrogen (secondary N) is 1. The molecule has 1 N–H and O–H groups in total. The molecule has 0 saturated carbocycles. The third-order valence-electron chi connectivity index (χ3n) is 1.59. The predicted octanol–water partition coefficient (Wildman–Crippen LogP) is 2.31. The average molecular weight is 157 g/mol. The number of hydrogen-bond acceptors (Lipinski definition) is 1. The van der Waals surface area contributed by atoms with Gasteiger partial charge in [-0.3, -0.25) is 0 Å². The van der Waals surface area contributed by atoms with Crippen molar-refractivity contribution in [1.82, 2.24) is 0 Å². The Kier molecular flexibility index (Phi) is 2.08. The highest BCUT2D eigenvalue weighted by molar-refractivity contribution is 5.47. The molecule has 60 valence electrons. The third kappa shape index (κ3) is 1.31. The molecule has 0 spiro atoms. The van der Waals surface area contributed by atoms with Gasteiger partial charge < -0.3 is 5.32 Å². The van der Waals surface area contributed by atoms with Crippen LogP contribution in [0.5, 0.6) is 0 Å². The second-order valence-corrected chi connectivity index (χ2v) is 2.28. The van der Waals surface area contributed by atoms with E-state index in [0.717, 1.165) is 0 Å². The summed E-state index contributed by atoms with van der Waals surface area (Å²) in [4.78, 5) is 0. The highest BCUT2D eigenvalue weighted by Crippen LogP contribution is 2.19. The summed E-state index contributed by atoms with van der Waals surface area (Å²) >= 11 is 0. The Morgan fingerprint density at radius 2 is 1.91 bits per heavy atom. The van der Waals surface area contributed by atoms with Crippen molar-refractivity contribution >= 4 is 5.69 Å². The topological polar surface area (TPSA) is 12.0 Å². The third-order valence-corrected chi connectivity index (χ3v) is 1.59. The molecule has 0 aliphatic rings. The lowest BCUT2D eigenvalue weighted by Crippen LogP contribution is -1.96. The van der Waals surface area contributed by atoms with Gasteiger partial charge in [-0.2, -0.15) is 0 Å². The van der Waals surface area contributed by atoms with Gasteiger partial charge >= 0.3 is 0 Å². The van der Waals surface area contributed by atoms with E-state index in [1.165, 1.54) is 19.1 Å². The van der Waals surface area contributed by atoms with Crippen LogP contribution in [0, 0.1) is 18.6 Å². The lowest BCUT2D eigenvalue weighted by atomic mass is 10.2. The van der Waals surface area contributed by atoms with Crippen molar-refractivity contribution in [3.63, 3.8) is 0 Å². The first-order valence-corrected chi connectivity index (χ1v) is 3.29. The molecule has 0 radical (unpaired) electrons. The maximum Gasteiger partial charge on any atom is 0.152 e. The zero-order valence-electron chi connectivity index (χ0n) is 6.41. The highest BCUT2D eigenvalue weighted by Gasteiger charge is 2.07. The van der Waals surface area contributed by atoms with Gasteiger partial charge in [-0.15, -0.1) is 0 Å². The van der Waals surface area contributed by atoms with E-state index in [9.17, 15) is 8.78 Å². The number of hydrogen-bond donors (Lipinski definition) is 1. The van der Waals surface area contributed by atoms with Gasteiger partial charge in [0, 0.05) is 12.6 Å². The van der Waals surface area contributed by atoms with E-state index < -0.39 is 11.6 Å². The molecule has 3 heteroatoms. The smallest absolute Gasteiger partial charge is 0.152 e. The second-order valence-electron chi connectivity index (χ2n) is 2.28. The van der Waals surface area contributed by atoms with Crippen LogP contribution in [0.3, 0.4) is 0 Å². The first-order chi connectivity index (χ1) is 5.16. The summed E-state index contributed by atoms with van der Waals surface area (Å²) < 4.78 is 25.6. The molecular formula is C8H9F2N. The Bertz CT molecular complexity index is 271. The fourth-order valence-electron chi connectivity index (χ4n) is 0.855. The van der Waals surface area contributed by atoms with Crippen molar-refractivity contribution < 1.29 is 8.78 Å². The molecule has 1 nitrogen and oxygen atoms in total. The summed E-state index contributed by atoms with van der Waals surface area (Å²) in [5.74, 6) is -1.03. The molecule has 11 heavy (non-hydrogen) atoms. The molecule has 0 heterocycles. The fraction of sp³-hybridized carbons (Fsp3) is 0.250. The van der Waals surface area contributed by atoms with Crippen molar-refractivity contribution in [2.75, 3.05) is 12.4 Å². The Morgan fingerprint density at radius 3 is 2.45 bits per heavy atom. The average Bonchev–Trinajstić information content (AvgIpc) is 2.01. The van der Waals surface area contributed by atoms with E-state index in [0.29, 0.717) is 5.69 Å². The zero-order chi connectivity index (χ0) is 8.43. The monoisotopic (exact) mass is 157 g/mol. The van der Waals surface area contributed by atoms with Crippen LogP contribution in [0.2, 0.25) is 0 Å². The number of anilines is 1. The second kappa shape index (κ2) is 2.86. The first-order valence-electron chi connectivity index (χ1n) is 3.29. The van der Waals surface area contributed by atoms with E-state index in [1.807, 2.05) is 0 Å². The van der Waals surface area contributed by atoms with Crippen LogP contribution in [0.15, 0.2) is 12.1 Å². The molecule has 0 saturated heterocycles. The first kappa shape index (κ1) is 7.98. The van der Waals surface area contributed by atoms with Gasteiger partial charge in [-0.1, -0.05) is 0 Å². The molecule has 0 amide bonds. The summed E-state index contributed by atoms with van der Waals surface area (Å²) in [6, 6.07) is 2.61. The van der Waals surface area contributed by atoms with Crippen LogP contribution >= 0.6 is 0 Å². The number of halogens is 2.